The highest BCUT2D eigenvalue weighted by atomic mass is 16.5. The molecule has 0 radical (unpaired) electrons. The number of benzene rings is 2. The van der Waals surface area contributed by atoms with Crippen molar-refractivity contribution >= 4 is 17.6 Å². The van der Waals surface area contributed by atoms with E-state index in [4.69, 9.17) is 4.74 Å². The number of anilines is 1. The molecule has 6 heteroatoms. The lowest BCUT2D eigenvalue weighted by Gasteiger charge is -2.31. The first-order valence-corrected chi connectivity index (χ1v) is 8.38. The van der Waals surface area contributed by atoms with Crippen LogP contribution in [0.1, 0.15) is 11.6 Å². The van der Waals surface area contributed by atoms with E-state index in [2.05, 4.69) is 5.32 Å². The first-order chi connectivity index (χ1) is 12.6. The van der Waals surface area contributed by atoms with Gasteiger partial charge < -0.3 is 15.0 Å². The summed E-state index contributed by atoms with van der Waals surface area (Å²) in [5, 5.41) is 2.93. The molecule has 2 aromatic carbocycles. The minimum atomic E-state index is -0.495. The molecule has 0 bridgehead atoms. The number of para-hydroxylation sites is 1. The van der Waals surface area contributed by atoms with E-state index in [1.165, 1.54) is 4.90 Å². The molecule has 0 saturated carbocycles. The number of nitrogens with zero attached hydrogens (tertiary/aromatic N) is 2. The average Bonchev–Trinajstić information content (AvgIpc) is 3.03. The third kappa shape index (κ3) is 2.50. The molecule has 0 spiro atoms. The van der Waals surface area contributed by atoms with Crippen molar-refractivity contribution < 1.29 is 14.3 Å². The lowest BCUT2D eigenvalue weighted by atomic mass is 9.95. The molecule has 2 aliphatic rings. The largest absolute Gasteiger partial charge is 0.497 e. The number of hydrogen-bond acceptors (Lipinski definition) is 3. The van der Waals surface area contributed by atoms with E-state index in [-0.39, 0.29) is 11.9 Å². The summed E-state index contributed by atoms with van der Waals surface area (Å²) in [6.45, 7) is 0.378. The quantitative estimate of drug-likeness (QED) is 0.927. The summed E-state index contributed by atoms with van der Waals surface area (Å²) in [7, 11) is 3.28. The first-order valence-electron chi connectivity index (χ1n) is 8.38. The van der Waals surface area contributed by atoms with Gasteiger partial charge in [-0.2, -0.15) is 0 Å². The van der Waals surface area contributed by atoms with Crippen LogP contribution in [-0.4, -0.2) is 37.5 Å². The van der Waals surface area contributed by atoms with Crippen molar-refractivity contribution in [2.75, 3.05) is 25.6 Å². The zero-order valence-corrected chi connectivity index (χ0v) is 14.6. The number of carbonyl (C=O) groups is 2. The molecule has 2 heterocycles. The predicted octanol–water partition coefficient (Wildman–Crippen LogP) is 2.69. The van der Waals surface area contributed by atoms with Crippen molar-refractivity contribution in [2.24, 2.45) is 0 Å². The minimum absolute atomic E-state index is 0.0918. The van der Waals surface area contributed by atoms with Crippen LogP contribution in [0.4, 0.5) is 10.5 Å². The molecule has 0 fully saturated rings. The Morgan fingerprint density at radius 2 is 1.85 bits per heavy atom. The molecule has 2 aromatic rings. The van der Waals surface area contributed by atoms with Gasteiger partial charge in [0.05, 0.1) is 31.0 Å². The lowest BCUT2D eigenvalue weighted by Crippen LogP contribution is -2.45. The summed E-state index contributed by atoms with van der Waals surface area (Å²) in [5.41, 5.74) is 2.97. The van der Waals surface area contributed by atoms with Crippen LogP contribution in [0.5, 0.6) is 5.75 Å². The van der Waals surface area contributed by atoms with Crippen molar-refractivity contribution in [2.45, 2.75) is 6.04 Å². The Morgan fingerprint density at radius 3 is 2.58 bits per heavy atom. The van der Waals surface area contributed by atoms with Gasteiger partial charge >= 0.3 is 6.03 Å². The van der Waals surface area contributed by atoms with Crippen molar-refractivity contribution in [3.63, 3.8) is 0 Å². The second kappa shape index (κ2) is 6.22. The van der Waals surface area contributed by atoms with Crippen molar-refractivity contribution in [3.8, 4) is 5.75 Å². The van der Waals surface area contributed by atoms with Crippen LogP contribution in [-0.2, 0) is 4.79 Å². The SMILES string of the molecule is COc1cccc(C2NC(=O)N(C)C3=C2C(=O)N(c2ccccc2)C3)c1. The van der Waals surface area contributed by atoms with E-state index >= 15 is 0 Å². The van der Waals surface area contributed by atoms with Crippen molar-refractivity contribution in [1.82, 2.24) is 10.2 Å². The highest BCUT2D eigenvalue weighted by Gasteiger charge is 2.43. The fourth-order valence-electron chi connectivity index (χ4n) is 3.46. The molecule has 1 atom stereocenters. The predicted molar refractivity (Wildman–Crippen MR) is 97.9 cm³/mol. The number of nitrogens with one attached hydrogen (secondary N) is 1. The Hall–Kier alpha value is -3.28. The van der Waals surface area contributed by atoms with E-state index in [9.17, 15) is 9.59 Å². The molecule has 3 amide bonds. The van der Waals surface area contributed by atoms with Gasteiger partial charge in [-0.15, -0.1) is 0 Å². The molecule has 1 unspecified atom stereocenters. The summed E-state index contributed by atoms with van der Waals surface area (Å²) < 4.78 is 5.29. The van der Waals surface area contributed by atoms with Crippen LogP contribution in [0.3, 0.4) is 0 Å². The second-order valence-electron chi connectivity index (χ2n) is 6.31. The van der Waals surface area contributed by atoms with Crippen LogP contribution >= 0.6 is 0 Å². The van der Waals surface area contributed by atoms with E-state index in [1.54, 1.807) is 19.1 Å². The fraction of sp³-hybridized carbons (Fsp3) is 0.200. The Balaban J connectivity index is 1.77. The Kier molecular flexibility index (Phi) is 3.88. The van der Waals surface area contributed by atoms with E-state index in [1.807, 2.05) is 54.6 Å². The number of methoxy groups -OCH3 is 1. The first kappa shape index (κ1) is 16.2. The number of amides is 3. The molecule has 132 valence electrons. The van der Waals surface area contributed by atoms with Gasteiger partial charge in [0.2, 0.25) is 0 Å². The molecule has 4 rings (SSSR count). The third-order valence-corrected chi connectivity index (χ3v) is 4.86. The van der Waals surface area contributed by atoms with E-state index in [0.717, 1.165) is 16.9 Å². The standard InChI is InChI=1S/C20H19N3O3/c1-22-16-12-23(14-8-4-3-5-9-14)19(24)17(16)18(21-20(22)25)13-7-6-10-15(11-13)26-2/h3-11,18H,12H2,1-2H3,(H,21,25). The lowest BCUT2D eigenvalue weighted by molar-refractivity contribution is -0.114. The number of ether oxygens (including phenoxy) is 1. The maximum atomic E-state index is 13.2. The Bertz CT molecular complexity index is 908. The summed E-state index contributed by atoms with van der Waals surface area (Å²) >= 11 is 0. The number of rotatable bonds is 3. The zero-order chi connectivity index (χ0) is 18.3. The van der Waals surface area contributed by atoms with Crippen molar-refractivity contribution in [3.05, 3.63) is 71.4 Å². The molecule has 0 aliphatic carbocycles. The van der Waals surface area contributed by atoms with Gasteiger partial charge in [0.1, 0.15) is 5.75 Å². The van der Waals surface area contributed by atoms with E-state index in [0.29, 0.717) is 17.9 Å². The van der Waals surface area contributed by atoms with Gasteiger partial charge in [0, 0.05) is 12.7 Å². The van der Waals surface area contributed by atoms with Gasteiger partial charge in [-0.25, -0.2) is 4.79 Å². The van der Waals surface area contributed by atoms with E-state index < -0.39 is 6.04 Å². The van der Waals surface area contributed by atoms with Crippen LogP contribution in [0.25, 0.3) is 0 Å². The molecule has 0 aromatic heterocycles. The number of carbonyl (C=O) groups excluding carboxylic acids is 2. The monoisotopic (exact) mass is 349 g/mol. The summed E-state index contributed by atoms with van der Waals surface area (Å²) in [6, 6.07) is 16.2. The van der Waals surface area contributed by atoms with Gasteiger partial charge in [-0.05, 0) is 29.8 Å². The third-order valence-electron chi connectivity index (χ3n) is 4.86. The number of hydrogen-bond donors (Lipinski definition) is 1. The summed E-state index contributed by atoms with van der Waals surface area (Å²) in [4.78, 5) is 28.9. The highest BCUT2D eigenvalue weighted by Crippen LogP contribution is 2.38. The van der Waals surface area contributed by atoms with Gasteiger partial charge in [0.25, 0.3) is 5.91 Å². The van der Waals surface area contributed by atoms with Gasteiger partial charge in [0.15, 0.2) is 0 Å². The Labute approximate surface area is 151 Å². The highest BCUT2D eigenvalue weighted by molar-refractivity contribution is 6.11. The number of urea groups is 1. The maximum Gasteiger partial charge on any atom is 0.322 e. The molecular weight excluding hydrogens is 330 g/mol. The number of likely N-dealkylation sites (N-methyl/N-ethyl adjacent to an activating group) is 1. The maximum absolute atomic E-state index is 13.2. The van der Waals surface area contributed by atoms with Crippen molar-refractivity contribution in [1.29, 1.82) is 0 Å². The average molecular weight is 349 g/mol. The zero-order valence-electron chi connectivity index (χ0n) is 14.6. The summed E-state index contributed by atoms with van der Waals surface area (Å²) in [6.07, 6.45) is 0. The van der Waals surface area contributed by atoms with Crippen LogP contribution in [0, 0.1) is 0 Å². The van der Waals surface area contributed by atoms with Crippen LogP contribution in [0.15, 0.2) is 65.9 Å². The molecule has 0 saturated heterocycles. The fourth-order valence-corrected chi connectivity index (χ4v) is 3.46. The van der Waals surface area contributed by atoms with Crippen LogP contribution in [0.2, 0.25) is 0 Å². The smallest absolute Gasteiger partial charge is 0.322 e. The molecule has 2 aliphatic heterocycles. The summed E-state index contributed by atoms with van der Waals surface area (Å²) in [5.74, 6) is 0.592. The van der Waals surface area contributed by atoms with Gasteiger partial charge in [-0.1, -0.05) is 30.3 Å². The van der Waals surface area contributed by atoms with Crippen LogP contribution < -0.4 is 15.0 Å². The topological polar surface area (TPSA) is 61.9 Å². The molecule has 6 nitrogen and oxygen atoms in total. The Morgan fingerprint density at radius 1 is 1.08 bits per heavy atom. The molecular formula is C20H19N3O3. The minimum Gasteiger partial charge on any atom is -0.497 e. The second-order valence-corrected chi connectivity index (χ2v) is 6.31. The molecule has 26 heavy (non-hydrogen) atoms. The normalized spacial score (nSPS) is 19.5. The molecule has 1 N–H and O–H groups in total. The van der Waals surface area contributed by atoms with Gasteiger partial charge in [-0.3, -0.25) is 9.69 Å².